The molecule has 0 radical (unpaired) electrons. The molecule has 1 heterocycles. The average molecular weight is 228 g/mol. The van der Waals surface area contributed by atoms with Gasteiger partial charge >= 0.3 is 0 Å². The quantitative estimate of drug-likeness (QED) is 0.791. The fourth-order valence-electron chi connectivity index (χ4n) is 1.85. The molecule has 0 aliphatic heterocycles. The van der Waals surface area contributed by atoms with Gasteiger partial charge in [0.25, 0.3) is 0 Å². The highest BCUT2D eigenvalue weighted by atomic mass is 32.2. The minimum atomic E-state index is 0.367. The normalized spacial score (nSPS) is 28.6. The van der Waals surface area contributed by atoms with Crippen molar-refractivity contribution in [3.05, 3.63) is 11.6 Å². The van der Waals surface area contributed by atoms with Crippen molar-refractivity contribution in [3.8, 4) is 0 Å². The van der Waals surface area contributed by atoms with Crippen molar-refractivity contribution >= 4 is 23.1 Å². The largest absolute Gasteiger partial charge is 0.327 e. The molecule has 14 heavy (non-hydrogen) atoms. The van der Waals surface area contributed by atoms with E-state index in [-0.39, 0.29) is 0 Å². The van der Waals surface area contributed by atoms with E-state index >= 15 is 0 Å². The summed E-state index contributed by atoms with van der Waals surface area (Å²) >= 11 is 3.60. The standard InChI is InChI=1S/C10H16N2S2/c11-8-4-2-1-3-5-9(8)14-10-12-6-7-13-10/h6-9H,1-5,11H2. The van der Waals surface area contributed by atoms with Gasteiger partial charge < -0.3 is 5.73 Å². The molecule has 0 bridgehead atoms. The maximum absolute atomic E-state index is 6.15. The van der Waals surface area contributed by atoms with Crippen molar-refractivity contribution in [1.29, 1.82) is 0 Å². The van der Waals surface area contributed by atoms with Gasteiger partial charge in [0, 0.05) is 22.9 Å². The molecule has 2 nitrogen and oxygen atoms in total. The Hall–Kier alpha value is -0.0600. The first-order valence-electron chi connectivity index (χ1n) is 5.18. The van der Waals surface area contributed by atoms with Crippen LogP contribution in [0.3, 0.4) is 0 Å². The number of thiazole rings is 1. The summed E-state index contributed by atoms with van der Waals surface area (Å²) in [5, 5.41) is 2.62. The zero-order valence-electron chi connectivity index (χ0n) is 8.19. The molecule has 1 saturated carbocycles. The number of thioether (sulfide) groups is 1. The van der Waals surface area contributed by atoms with Gasteiger partial charge in [-0.2, -0.15) is 0 Å². The lowest BCUT2D eigenvalue weighted by atomic mass is 10.1. The number of hydrogen-bond donors (Lipinski definition) is 1. The van der Waals surface area contributed by atoms with E-state index in [2.05, 4.69) is 4.98 Å². The molecule has 4 heteroatoms. The predicted molar refractivity (Wildman–Crippen MR) is 62.8 cm³/mol. The maximum Gasteiger partial charge on any atom is 0.150 e. The molecule has 2 atom stereocenters. The zero-order chi connectivity index (χ0) is 9.80. The maximum atomic E-state index is 6.15. The average Bonchev–Trinajstić information content (AvgIpc) is 2.60. The number of nitrogens with zero attached hydrogens (tertiary/aromatic N) is 1. The second-order valence-electron chi connectivity index (χ2n) is 3.76. The van der Waals surface area contributed by atoms with E-state index in [1.54, 1.807) is 11.3 Å². The molecule has 0 amide bonds. The highest BCUT2D eigenvalue weighted by molar-refractivity contribution is 8.01. The van der Waals surface area contributed by atoms with E-state index in [9.17, 15) is 0 Å². The summed E-state index contributed by atoms with van der Waals surface area (Å²) in [4.78, 5) is 4.30. The van der Waals surface area contributed by atoms with Crippen molar-refractivity contribution in [2.75, 3.05) is 0 Å². The Labute approximate surface area is 93.3 Å². The van der Waals surface area contributed by atoms with Crippen LogP contribution in [0.1, 0.15) is 32.1 Å². The van der Waals surface area contributed by atoms with Gasteiger partial charge in [0.1, 0.15) is 4.34 Å². The summed E-state index contributed by atoms with van der Waals surface area (Å²) in [5.74, 6) is 0. The Morgan fingerprint density at radius 3 is 3.00 bits per heavy atom. The fraction of sp³-hybridized carbons (Fsp3) is 0.700. The number of hydrogen-bond acceptors (Lipinski definition) is 4. The Balaban J connectivity index is 1.94. The Kier molecular flexibility index (Phi) is 3.84. The molecule has 2 unspecified atom stereocenters. The van der Waals surface area contributed by atoms with Gasteiger partial charge in [0.15, 0.2) is 0 Å². The van der Waals surface area contributed by atoms with Crippen LogP contribution in [0.25, 0.3) is 0 Å². The Morgan fingerprint density at radius 1 is 1.36 bits per heavy atom. The second kappa shape index (κ2) is 5.14. The van der Waals surface area contributed by atoms with E-state index < -0.39 is 0 Å². The molecule has 0 spiro atoms. The number of nitrogens with two attached hydrogens (primary N) is 1. The van der Waals surface area contributed by atoms with Gasteiger partial charge in [-0.3, -0.25) is 0 Å². The van der Waals surface area contributed by atoms with E-state index in [1.807, 2.05) is 23.3 Å². The molecule has 1 aliphatic rings. The lowest BCUT2D eigenvalue weighted by molar-refractivity contribution is 0.596. The second-order valence-corrected chi connectivity index (χ2v) is 6.14. The fourth-order valence-corrected chi connectivity index (χ4v) is 3.94. The Bertz CT molecular complexity index is 261. The summed E-state index contributed by atoms with van der Waals surface area (Å²) < 4.78 is 1.17. The van der Waals surface area contributed by atoms with Gasteiger partial charge in [0.2, 0.25) is 0 Å². The van der Waals surface area contributed by atoms with Crippen LogP contribution in [0, 0.1) is 0 Å². The summed E-state index contributed by atoms with van der Waals surface area (Å²) in [6.45, 7) is 0. The van der Waals surface area contributed by atoms with Crippen LogP contribution >= 0.6 is 23.1 Å². The smallest absolute Gasteiger partial charge is 0.150 e. The first-order chi connectivity index (χ1) is 6.86. The first kappa shape index (κ1) is 10.5. The molecule has 2 N–H and O–H groups in total. The van der Waals surface area contributed by atoms with Crippen LogP contribution in [0.2, 0.25) is 0 Å². The SMILES string of the molecule is NC1CCCCCC1Sc1nccs1. The van der Waals surface area contributed by atoms with Crippen molar-refractivity contribution in [2.24, 2.45) is 5.73 Å². The molecule has 1 fully saturated rings. The van der Waals surface area contributed by atoms with Crippen LogP contribution in [0.5, 0.6) is 0 Å². The molecule has 1 aliphatic carbocycles. The monoisotopic (exact) mass is 228 g/mol. The van der Waals surface area contributed by atoms with Crippen LogP contribution in [0.15, 0.2) is 15.9 Å². The molecular weight excluding hydrogens is 212 g/mol. The third kappa shape index (κ3) is 2.72. The predicted octanol–water partition coefficient (Wildman–Crippen LogP) is 2.90. The molecular formula is C10H16N2S2. The molecule has 1 aromatic rings. The van der Waals surface area contributed by atoms with Crippen molar-refractivity contribution in [2.45, 2.75) is 47.7 Å². The summed E-state index contributed by atoms with van der Waals surface area (Å²) in [6.07, 6.45) is 8.29. The van der Waals surface area contributed by atoms with E-state index in [4.69, 9.17) is 5.73 Å². The van der Waals surface area contributed by atoms with Crippen LogP contribution in [-0.2, 0) is 0 Å². The molecule has 78 valence electrons. The van der Waals surface area contributed by atoms with E-state index in [1.165, 1.54) is 36.4 Å². The van der Waals surface area contributed by atoms with E-state index in [0.717, 1.165) is 0 Å². The topological polar surface area (TPSA) is 38.9 Å². The summed E-state index contributed by atoms with van der Waals surface area (Å²) in [5.41, 5.74) is 6.15. The third-order valence-corrected chi connectivity index (χ3v) is 5.00. The highest BCUT2D eigenvalue weighted by Gasteiger charge is 2.21. The summed E-state index contributed by atoms with van der Waals surface area (Å²) in [6, 6.07) is 0.367. The molecule has 1 aromatic heterocycles. The van der Waals surface area contributed by atoms with Gasteiger partial charge in [0.05, 0.1) is 0 Å². The van der Waals surface area contributed by atoms with Gasteiger partial charge in [-0.1, -0.05) is 31.0 Å². The zero-order valence-corrected chi connectivity index (χ0v) is 9.82. The van der Waals surface area contributed by atoms with Crippen LogP contribution < -0.4 is 5.73 Å². The first-order valence-corrected chi connectivity index (χ1v) is 6.94. The third-order valence-electron chi connectivity index (χ3n) is 2.67. The lowest BCUT2D eigenvalue weighted by Crippen LogP contribution is -2.31. The van der Waals surface area contributed by atoms with Gasteiger partial charge in [-0.15, -0.1) is 11.3 Å². The lowest BCUT2D eigenvalue weighted by Gasteiger charge is -2.18. The number of aromatic nitrogens is 1. The van der Waals surface area contributed by atoms with Gasteiger partial charge in [-0.25, -0.2) is 4.98 Å². The van der Waals surface area contributed by atoms with Crippen molar-refractivity contribution in [1.82, 2.24) is 4.98 Å². The van der Waals surface area contributed by atoms with E-state index in [0.29, 0.717) is 11.3 Å². The van der Waals surface area contributed by atoms with Crippen LogP contribution in [0.4, 0.5) is 0 Å². The molecule has 0 saturated heterocycles. The number of rotatable bonds is 2. The minimum Gasteiger partial charge on any atom is -0.327 e. The minimum absolute atomic E-state index is 0.367. The molecule has 0 aromatic carbocycles. The molecule has 2 rings (SSSR count). The van der Waals surface area contributed by atoms with Crippen LogP contribution in [-0.4, -0.2) is 16.3 Å². The highest BCUT2D eigenvalue weighted by Crippen LogP contribution is 2.33. The summed E-state index contributed by atoms with van der Waals surface area (Å²) in [7, 11) is 0. The van der Waals surface area contributed by atoms with Crippen molar-refractivity contribution < 1.29 is 0 Å². The van der Waals surface area contributed by atoms with Crippen molar-refractivity contribution in [3.63, 3.8) is 0 Å². The van der Waals surface area contributed by atoms with Gasteiger partial charge in [-0.05, 0) is 12.8 Å². The Morgan fingerprint density at radius 2 is 2.21 bits per heavy atom.